The van der Waals surface area contributed by atoms with E-state index < -0.39 is 0 Å². The Labute approximate surface area is 124 Å². The zero-order valence-electron chi connectivity index (χ0n) is 13.8. The molecule has 0 unspecified atom stereocenters. The summed E-state index contributed by atoms with van der Waals surface area (Å²) in [5, 5.41) is 5.62. The van der Waals surface area contributed by atoms with E-state index in [1.165, 1.54) is 6.92 Å². The molecule has 0 atom stereocenters. The van der Waals surface area contributed by atoms with Gasteiger partial charge in [0.05, 0.1) is 0 Å². The van der Waals surface area contributed by atoms with E-state index in [4.69, 9.17) is 0 Å². The van der Waals surface area contributed by atoms with Crippen molar-refractivity contribution in [2.24, 2.45) is 5.92 Å². The van der Waals surface area contributed by atoms with Crippen LogP contribution in [0.2, 0.25) is 0 Å². The topological polar surface area (TPSA) is 58.2 Å². The summed E-state index contributed by atoms with van der Waals surface area (Å²) in [5.74, 6) is 0.422. The first kappa shape index (κ1) is 21.0. The number of allylic oxidation sites excluding steroid dienone is 1. The molecule has 0 aromatic rings. The molecule has 2 N–H and O–H groups in total. The van der Waals surface area contributed by atoms with Gasteiger partial charge in [-0.25, -0.2) is 0 Å². The van der Waals surface area contributed by atoms with Crippen LogP contribution in [0.1, 0.15) is 60.3 Å². The van der Waals surface area contributed by atoms with E-state index in [9.17, 15) is 9.59 Å². The van der Waals surface area contributed by atoms with Crippen LogP contribution < -0.4 is 10.6 Å². The number of hydrogen-bond donors (Lipinski definition) is 2. The third-order valence-electron chi connectivity index (χ3n) is 2.41. The van der Waals surface area contributed by atoms with Crippen LogP contribution in [0.4, 0.5) is 0 Å². The van der Waals surface area contributed by atoms with Crippen molar-refractivity contribution >= 4 is 11.8 Å². The van der Waals surface area contributed by atoms with Gasteiger partial charge in [-0.1, -0.05) is 46.6 Å². The first-order valence-electron chi connectivity index (χ1n) is 7.73. The summed E-state index contributed by atoms with van der Waals surface area (Å²) in [6.07, 6.45) is 7.64. The van der Waals surface area contributed by atoms with Gasteiger partial charge in [0.2, 0.25) is 11.8 Å². The minimum Gasteiger partial charge on any atom is -0.356 e. The SMILES string of the molecule is CC.CC(=O)NCCCCCCNC(=O)/C=C/C(C)C. The zero-order chi connectivity index (χ0) is 15.8. The lowest BCUT2D eigenvalue weighted by Crippen LogP contribution is -2.22. The van der Waals surface area contributed by atoms with E-state index in [0.717, 1.165) is 38.8 Å². The predicted molar refractivity (Wildman–Crippen MR) is 85.5 cm³/mol. The molecule has 0 heterocycles. The molecule has 4 nitrogen and oxygen atoms in total. The van der Waals surface area contributed by atoms with Crippen LogP contribution in [-0.4, -0.2) is 24.9 Å². The Balaban J connectivity index is 0. The first-order valence-corrected chi connectivity index (χ1v) is 7.73. The summed E-state index contributed by atoms with van der Waals surface area (Å²) in [6, 6.07) is 0. The fourth-order valence-corrected chi connectivity index (χ4v) is 1.42. The molecule has 118 valence electrons. The molecule has 20 heavy (non-hydrogen) atoms. The Morgan fingerprint density at radius 2 is 1.45 bits per heavy atom. The Morgan fingerprint density at radius 1 is 0.950 bits per heavy atom. The fraction of sp³-hybridized carbons (Fsp3) is 0.750. The summed E-state index contributed by atoms with van der Waals surface area (Å²) in [5.41, 5.74) is 0. The van der Waals surface area contributed by atoms with Gasteiger partial charge in [-0.2, -0.15) is 0 Å². The summed E-state index contributed by atoms with van der Waals surface area (Å²) in [6.45, 7) is 11.1. The van der Waals surface area contributed by atoms with Gasteiger partial charge < -0.3 is 10.6 Å². The van der Waals surface area contributed by atoms with Crippen LogP contribution >= 0.6 is 0 Å². The van der Waals surface area contributed by atoms with E-state index in [1.807, 2.05) is 33.8 Å². The molecule has 0 fully saturated rings. The number of rotatable bonds is 9. The van der Waals surface area contributed by atoms with Crippen LogP contribution in [0.15, 0.2) is 12.2 Å². The third-order valence-corrected chi connectivity index (χ3v) is 2.41. The number of carbonyl (C=O) groups excluding carboxylic acids is 2. The molecule has 0 spiro atoms. The van der Waals surface area contributed by atoms with Gasteiger partial charge in [-0.05, 0) is 24.8 Å². The minimum atomic E-state index is -0.0121. The molecule has 0 saturated carbocycles. The highest BCUT2D eigenvalue weighted by molar-refractivity contribution is 5.87. The highest BCUT2D eigenvalue weighted by atomic mass is 16.2. The van der Waals surface area contributed by atoms with E-state index in [1.54, 1.807) is 6.08 Å². The van der Waals surface area contributed by atoms with Gasteiger partial charge >= 0.3 is 0 Å². The molecule has 4 heteroatoms. The summed E-state index contributed by atoms with van der Waals surface area (Å²) in [7, 11) is 0. The summed E-state index contributed by atoms with van der Waals surface area (Å²) in [4.78, 5) is 21.9. The molecule has 0 aliphatic heterocycles. The Kier molecular flexibility index (Phi) is 16.5. The molecule has 0 aliphatic carbocycles. The van der Waals surface area contributed by atoms with Crippen molar-refractivity contribution < 1.29 is 9.59 Å². The maximum atomic E-state index is 11.3. The van der Waals surface area contributed by atoms with Crippen LogP contribution in [-0.2, 0) is 9.59 Å². The molecule has 0 saturated heterocycles. The number of unbranched alkanes of at least 4 members (excludes halogenated alkanes) is 3. The van der Waals surface area contributed by atoms with Gasteiger partial charge in [0, 0.05) is 20.0 Å². The predicted octanol–water partition coefficient (Wildman–Crippen LogP) is 3.04. The molecule has 0 rings (SSSR count). The second kappa shape index (κ2) is 15.7. The highest BCUT2D eigenvalue weighted by Gasteiger charge is 1.96. The maximum Gasteiger partial charge on any atom is 0.243 e. The molecular weight excluding hydrogens is 252 g/mol. The summed E-state index contributed by atoms with van der Waals surface area (Å²) < 4.78 is 0. The van der Waals surface area contributed by atoms with Crippen molar-refractivity contribution in [3.63, 3.8) is 0 Å². The zero-order valence-corrected chi connectivity index (χ0v) is 13.8. The minimum absolute atomic E-state index is 0.0121. The fourth-order valence-electron chi connectivity index (χ4n) is 1.42. The Hall–Kier alpha value is -1.32. The standard InChI is InChI=1S/C14H26N2O2.C2H6/c1-12(2)8-9-14(18)16-11-7-5-4-6-10-15-13(3)17;1-2/h8-9,12H,4-7,10-11H2,1-3H3,(H,15,17)(H,16,18);1-2H3/b9-8+;. The molecule has 0 aromatic carbocycles. The monoisotopic (exact) mass is 284 g/mol. The lowest BCUT2D eigenvalue weighted by Gasteiger charge is -2.03. The molecule has 2 amide bonds. The van der Waals surface area contributed by atoms with Crippen LogP contribution in [0.3, 0.4) is 0 Å². The second-order valence-corrected chi connectivity index (χ2v) is 4.79. The van der Waals surface area contributed by atoms with Crippen LogP contribution in [0, 0.1) is 5.92 Å². The molecule has 0 aromatic heterocycles. The normalized spacial score (nSPS) is 10.1. The average Bonchev–Trinajstić information content (AvgIpc) is 2.41. The van der Waals surface area contributed by atoms with E-state index in [0.29, 0.717) is 5.92 Å². The largest absolute Gasteiger partial charge is 0.356 e. The number of amides is 2. The molecule has 0 bridgehead atoms. The van der Waals surface area contributed by atoms with Crippen molar-refractivity contribution in [3.05, 3.63) is 12.2 Å². The van der Waals surface area contributed by atoms with E-state index >= 15 is 0 Å². The smallest absolute Gasteiger partial charge is 0.243 e. The second-order valence-electron chi connectivity index (χ2n) is 4.79. The van der Waals surface area contributed by atoms with Crippen molar-refractivity contribution in [1.82, 2.24) is 10.6 Å². The maximum absolute atomic E-state index is 11.3. The van der Waals surface area contributed by atoms with E-state index in [2.05, 4.69) is 10.6 Å². The molecule has 0 aliphatic rings. The summed E-state index contributed by atoms with van der Waals surface area (Å²) >= 11 is 0. The van der Waals surface area contributed by atoms with Crippen molar-refractivity contribution in [3.8, 4) is 0 Å². The van der Waals surface area contributed by atoms with Crippen LogP contribution in [0.25, 0.3) is 0 Å². The highest BCUT2D eigenvalue weighted by Crippen LogP contribution is 1.98. The molecule has 0 radical (unpaired) electrons. The Bertz CT molecular complexity index is 274. The lowest BCUT2D eigenvalue weighted by atomic mass is 10.2. The van der Waals surface area contributed by atoms with Crippen molar-refractivity contribution in [1.29, 1.82) is 0 Å². The van der Waals surface area contributed by atoms with Gasteiger partial charge in [0.25, 0.3) is 0 Å². The van der Waals surface area contributed by atoms with E-state index in [-0.39, 0.29) is 11.8 Å². The Morgan fingerprint density at radius 3 is 1.90 bits per heavy atom. The van der Waals surface area contributed by atoms with Gasteiger partial charge in [0.1, 0.15) is 0 Å². The quantitative estimate of drug-likeness (QED) is 0.505. The lowest BCUT2D eigenvalue weighted by molar-refractivity contribution is -0.119. The molecular formula is C16H32N2O2. The number of carbonyl (C=O) groups is 2. The number of nitrogens with one attached hydrogen (secondary N) is 2. The average molecular weight is 284 g/mol. The third kappa shape index (κ3) is 19.0. The first-order chi connectivity index (χ1) is 9.52. The number of hydrogen-bond acceptors (Lipinski definition) is 2. The van der Waals surface area contributed by atoms with Crippen molar-refractivity contribution in [2.45, 2.75) is 60.3 Å². The van der Waals surface area contributed by atoms with Crippen LogP contribution in [0.5, 0.6) is 0 Å². The van der Waals surface area contributed by atoms with Gasteiger partial charge in [0.15, 0.2) is 0 Å². The van der Waals surface area contributed by atoms with Gasteiger partial charge in [-0.3, -0.25) is 9.59 Å². The van der Waals surface area contributed by atoms with Crippen molar-refractivity contribution in [2.75, 3.05) is 13.1 Å². The van der Waals surface area contributed by atoms with Gasteiger partial charge in [-0.15, -0.1) is 0 Å².